The Kier molecular flexibility index (Phi) is 4.02. The average molecular weight is 270 g/mol. The van der Waals surface area contributed by atoms with Crippen molar-refractivity contribution in [3.05, 3.63) is 48.0 Å². The Morgan fingerprint density at radius 2 is 2.10 bits per heavy atom. The van der Waals surface area contributed by atoms with Crippen molar-refractivity contribution in [3.8, 4) is 0 Å². The van der Waals surface area contributed by atoms with Crippen LogP contribution < -0.4 is 5.32 Å². The molecular formula is C16H22N4. The van der Waals surface area contributed by atoms with Gasteiger partial charge in [-0.2, -0.15) is 0 Å². The molecule has 0 radical (unpaired) electrons. The molecule has 0 unspecified atom stereocenters. The van der Waals surface area contributed by atoms with Crippen LogP contribution in [-0.4, -0.2) is 27.5 Å². The summed E-state index contributed by atoms with van der Waals surface area (Å²) in [5, 5.41) is 3.47. The second kappa shape index (κ2) is 6.09. The van der Waals surface area contributed by atoms with E-state index in [1.165, 1.54) is 42.9 Å². The van der Waals surface area contributed by atoms with Gasteiger partial charge in [0.2, 0.25) is 0 Å². The lowest BCUT2D eigenvalue weighted by atomic mass is 10.2. The molecule has 3 rings (SSSR count). The number of nitrogens with one attached hydrogen (secondary N) is 1. The van der Waals surface area contributed by atoms with Crippen molar-refractivity contribution in [2.45, 2.75) is 25.9 Å². The fourth-order valence-corrected chi connectivity index (χ4v) is 2.73. The van der Waals surface area contributed by atoms with Crippen LogP contribution in [-0.2, 0) is 20.1 Å². The van der Waals surface area contributed by atoms with Crippen LogP contribution in [0.25, 0.3) is 0 Å². The first-order chi connectivity index (χ1) is 9.81. The van der Waals surface area contributed by atoms with E-state index in [9.17, 15) is 0 Å². The largest absolute Gasteiger partial charge is 0.379 e. The monoisotopic (exact) mass is 270 g/mol. The lowest BCUT2D eigenvalue weighted by molar-refractivity contribution is 0.331. The third kappa shape index (κ3) is 3.20. The third-order valence-electron chi connectivity index (χ3n) is 3.92. The van der Waals surface area contributed by atoms with Crippen LogP contribution in [0.5, 0.6) is 0 Å². The Labute approximate surface area is 120 Å². The molecule has 1 aromatic heterocycles. The minimum Gasteiger partial charge on any atom is -0.379 e. The van der Waals surface area contributed by atoms with Crippen LogP contribution in [0.3, 0.4) is 0 Å². The van der Waals surface area contributed by atoms with E-state index in [1.807, 2.05) is 24.1 Å². The molecule has 0 aliphatic carbocycles. The predicted molar refractivity (Wildman–Crippen MR) is 81.5 cm³/mol. The summed E-state index contributed by atoms with van der Waals surface area (Å²) in [6, 6.07) is 8.74. The molecule has 20 heavy (non-hydrogen) atoms. The van der Waals surface area contributed by atoms with Crippen LogP contribution in [0.1, 0.15) is 24.1 Å². The first-order valence-electron chi connectivity index (χ1n) is 7.31. The summed E-state index contributed by atoms with van der Waals surface area (Å²) >= 11 is 0. The van der Waals surface area contributed by atoms with Crippen molar-refractivity contribution < 1.29 is 0 Å². The number of likely N-dealkylation sites (tertiary alicyclic amines) is 1. The second-order valence-electron chi connectivity index (χ2n) is 5.53. The van der Waals surface area contributed by atoms with Gasteiger partial charge in [0.1, 0.15) is 0 Å². The molecule has 1 saturated heterocycles. The van der Waals surface area contributed by atoms with Gasteiger partial charge in [0, 0.05) is 25.5 Å². The van der Waals surface area contributed by atoms with Gasteiger partial charge in [0.25, 0.3) is 0 Å². The van der Waals surface area contributed by atoms with Crippen LogP contribution in [0, 0.1) is 0 Å². The van der Waals surface area contributed by atoms with E-state index in [0.29, 0.717) is 0 Å². The van der Waals surface area contributed by atoms with Crippen molar-refractivity contribution in [1.82, 2.24) is 14.5 Å². The standard InChI is InChI=1S/C16H22N4/c1-19-13-17-10-16(19)11-18-15-6-4-5-14(9-15)12-20-7-2-3-8-20/h4-6,9-10,13,18H,2-3,7-8,11-12H2,1H3. The summed E-state index contributed by atoms with van der Waals surface area (Å²) in [4.78, 5) is 6.66. The molecule has 106 valence electrons. The van der Waals surface area contributed by atoms with Gasteiger partial charge in [0.15, 0.2) is 0 Å². The van der Waals surface area contributed by atoms with Crippen molar-refractivity contribution >= 4 is 5.69 Å². The zero-order chi connectivity index (χ0) is 13.8. The Balaban J connectivity index is 1.60. The summed E-state index contributed by atoms with van der Waals surface area (Å²) in [5.41, 5.74) is 3.76. The number of hydrogen-bond donors (Lipinski definition) is 1. The number of hydrogen-bond acceptors (Lipinski definition) is 3. The Hall–Kier alpha value is -1.81. The number of imidazole rings is 1. The number of rotatable bonds is 5. The zero-order valence-corrected chi connectivity index (χ0v) is 12.0. The van der Waals surface area contributed by atoms with Gasteiger partial charge in [-0.05, 0) is 43.6 Å². The van der Waals surface area contributed by atoms with E-state index in [2.05, 4.69) is 39.5 Å². The molecule has 0 saturated carbocycles. The number of nitrogens with zero attached hydrogens (tertiary/aromatic N) is 3. The molecule has 2 heterocycles. The fourth-order valence-electron chi connectivity index (χ4n) is 2.73. The first-order valence-corrected chi connectivity index (χ1v) is 7.31. The van der Waals surface area contributed by atoms with Crippen molar-refractivity contribution in [1.29, 1.82) is 0 Å². The predicted octanol–water partition coefficient (Wildman–Crippen LogP) is 2.63. The maximum Gasteiger partial charge on any atom is 0.0946 e. The minimum absolute atomic E-state index is 0.809. The molecule has 0 atom stereocenters. The minimum atomic E-state index is 0.809. The second-order valence-corrected chi connectivity index (χ2v) is 5.53. The smallest absolute Gasteiger partial charge is 0.0946 e. The third-order valence-corrected chi connectivity index (χ3v) is 3.92. The summed E-state index contributed by atoms with van der Waals surface area (Å²) in [6.45, 7) is 4.37. The van der Waals surface area contributed by atoms with E-state index >= 15 is 0 Å². The van der Waals surface area contributed by atoms with Gasteiger partial charge in [-0.1, -0.05) is 12.1 Å². The van der Waals surface area contributed by atoms with Gasteiger partial charge in [-0.25, -0.2) is 4.98 Å². The summed E-state index contributed by atoms with van der Waals surface area (Å²) in [7, 11) is 2.02. The molecular weight excluding hydrogens is 248 g/mol. The van der Waals surface area contributed by atoms with Gasteiger partial charge in [-0.15, -0.1) is 0 Å². The maximum absolute atomic E-state index is 4.14. The average Bonchev–Trinajstić information content (AvgIpc) is 3.09. The molecule has 1 aromatic carbocycles. The molecule has 1 N–H and O–H groups in total. The number of anilines is 1. The van der Waals surface area contributed by atoms with Crippen LogP contribution in [0.4, 0.5) is 5.69 Å². The molecule has 1 fully saturated rings. The number of aryl methyl sites for hydroxylation is 1. The van der Waals surface area contributed by atoms with Crippen LogP contribution in [0.2, 0.25) is 0 Å². The molecule has 1 aliphatic rings. The lowest BCUT2D eigenvalue weighted by Crippen LogP contribution is -2.18. The highest BCUT2D eigenvalue weighted by Gasteiger charge is 2.11. The normalized spacial score (nSPS) is 15.7. The molecule has 0 amide bonds. The number of aromatic nitrogens is 2. The molecule has 4 heteroatoms. The van der Waals surface area contributed by atoms with Crippen molar-refractivity contribution in [2.75, 3.05) is 18.4 Å². The SMILES string of the molecule is Cn1cncc1CNc1cccc(CN2CCCC2)c1. The van der Waals surface area contributed by atoms with Crippen LogP contribution in [0.15, 0.2) is 36.8 Å². The van der Waals surface area contributed by atoms with E-state index in [4.69, 9.17) is 0 Å². The summed E-state index contributed by atoms with van der Waals surface area (Å²) in [5.74, 6) is 0. The highest BCUT2D eigenvalue weighted by atomic mass is 15.1. The number of benzene rings is 1. The summed E-state index contributed by atoms with van der Waals surface area (Å²) < 4.78 is 2.04. The zero-order valence-electron chi connectivity index (χ0n) is 12.0. The van der Waals surface area contributed by atoms with Crippen molar-refractivity contribution in [3.63, 3.8) is 0 Å². The van der Waals surface area contributed by atoms with Gasteiger partial charge in [-0.3, -0.25) is 4.90 Å². The first kappa shape index (κ1) is 13.2. The topological polar surface area (TPSA) is 33.1 Å². The lowest BCUT2D eigenvalue weighted by Gasteiger charge is -2.15. The maximum atomic E-state index is 4.14. The molecule has 4 nitrogen and oxygen atoms in total. The fraction of sp³-hybridized carbons (Fsp3) is 0.438. The Morgan fingerprint density at radius 3 is 2.85 bits per heavy atom. The molecule has 0 spiro atoms. The molecule has 2 aromatic rings. The summed E-state index contributed by atoms with van der Waals surface area (Å²) in [6.07, 6.45) is 6.43. The van der Waals surface area contributed by atoms with E-state index in [0.717, 1.165) is 13.1 Å². The Morgan fingerprint density at radius 1 is 1.25 bits per heavy atom. The molecule has 1 aliphatic heterocycles. The van der Waals surface area contributed by atoms with Crippen LogP contribution >= 0.6 is 0 Å². The Bertz CT molecular complexity index is 555. The van der Waals surface area contributed by atoms with Gasteiger partial charge >= 0.3 is 0 Å². The van der Waals surface area contributed by atoms with Crippen molar-refractivity contribution in [2.24, 2.45) is 7.05 Å². The highest BCUT2D eigenvalue weighted by molar-refractivity contribution is 5.45. The van der Waals surface area contributed by atoms with E-state index in [-0.39, 0.29) is 0 Å². The van der Waals surface area contributed by atoms with E-state index < -0.39 is 0 Å². The molecule has 0 bridgehead atoms. The van der Waals surface area contributed by atoms with Gasteiger partial charge in [0.05, 0.1) is 18.6 Å². The van der Waals surface area contributed by atoms with Gasteiger partial charge < -0.3 is 9.88 Å². The van der Waals surface area contributed by atoms with E-state index in [1.54, 1.807) is 0 Å². The quantitative estimate of drug-likeness (QED) is 0.906. The highest BCUT2D eigenvalue weighted by Crippen LogP contribution is 2.16.